The van der Waals surface area contributed by atoms with E-state index in [-0.39, 0.29) is 41.4 Å². The van der Waals surface area contributed by atoms with Crippen molar-refractivity contribution in [2.75, 3.05) is 37.0 Å². The molecule has 6 nitrogen and oxygen atoms in total. The molecule has 1 saturated heterocycles. The summed E-state index contributed by atoms with van der Waals surface area (Å²) >= 11 is 0. The van der Waals surface area contributed by atoms with Crippen LogP contribution in [0.25, 0.3) is 11.3 Å². The number of hydrogen-bond donors (Lipinski definition) is 0. The van der Waals surface area contributed by atoms with Gasteiger partial charge in [0, 0.05) is 32.2 Å². The van der Waals surface area contributed by atoms with Gasteiger partial charge in [0.1, 0.15) is 35.5 Å². The zero-order valence-electron chi connectivity index (χ0n) is 18.2. The molecule has 2 aliphatic rings. The lowest BCUT2D eigenvalue weighted by Crippen LogP contribution is -2.37. The van der Waals surface area contributed by atoms with Gasteiger partial charge in [-0.15, -0.1) is 0 Å². The van der Waals surface area contributed by atoms with Crippen LogP contribution in [0.1, 0.15) is 32.1 Å². The normalized spacial score (nSPS) is 23.4. The van der Waals surface area contributed by atoms with Gasteiger partial charge < -0.3 is 14.5 Å². The molecule has 32 heavy (non-hydrogen) atoms. The predicted octanol–water partition coefficient (Wildman–Crippen LogP) is 4.14. The summed E-state index contributed by atoms with van der Waals surface area (Å²) in [5, 5.41) is 0. The molecule has 9 heteroatoms. The molecule has 1 atom stereocenters. The molecular formula is C23H27F3N4O2. The second kappa shape index (κ2) is 9.44. The fourth-order valence-corrected chi connectivity index (χ4v) is 4.63. The van der Waals surface area contributed by atoms with Crippen LogP contribution in [0.5, 0.6) is 0 Å². The summed E-state index contributed by atoms with van der Waals surface area (Å²) in [6.07, 6.45) is 3.60. The van der Waals surface area contributed by atoms with Crippen molar-refractivity contribution in [1.82, 2.24) is 9.97 Å². The fourth-order valence-electron chi connectivity index (χ4n) is 4.63. The number of amides is 1. The minimum absolute atomic E-state index is 0.0672. The van der Waals surface area contributed by atoms with Gasteiger partial charge in [0.2, 0.25) is 5.91 Å². The molecule has 1 aliphatic carbocycles. The molecule has 1 saturated carbocycles. The molecule has 1 aliphatic heterocycles. The SMILES string of the molecule is CO[C@H]1CC[C@H](C(=O)N(C)c2c(-c3cc(F)ccc3F)ncnc2N2CC[C@H](F)C2)CC1. The molecule has 2 heterocycles. The molecule has 0 unspecified atom stereocenters. The van der Waals surface area contributed by atoms with E-state index in [9.17, 15) is 18.0 Å². The van der Waals surface area contributed by atoms with Crippen LogP contribution in [0.2, 0.25) is 0 Å². The van der Waals surface area contributed by atoms with Crippen molar-refractivity contribution in [3.8, 4) is 11.3 Å². The molecule has 2 aromatic rings. The summed E-state index contributed by atoms with van der Waals surface area (Å²) in [6.45, 7) is 0.535. The summed E-state index contributed by atoms with van der Waals surface area (Å²) in [4.78, 5) is 25.1. The van der Waals surface area contributed by atoms with E-state index in [1.807, 2.05) is 0 Å². The maximum Gasteiger partial charge on any atom is 0.229 e. The van der Waals surface area contributed by atoms with Crippen molar-refractivity contribution >= 4 is 17.4 Å². The number of hydrogen-bond acceptors (Lipinski definition) is 5. The van der Waals surface area contributed by atoms with E-state index in [0.29, 0.717) is 31.6 Å². The number of alkyl halides is 1. The highest BCUT2D eigenvalue weighted by atomic mass is 19.1. The minimum Gasteiger partial charge on any atom is -0.381 e. The van der Waals surface area contributed by atoms with E-state index in [0.717, 1.165) is 31.0 Å². The highest BCUT2D eigenvalue weighted by molar-refractivity contribution is 6.01. The summed E-state index contributed by atoms with van der Waals surface area (Å²) in [5.41, 5.74) is 0.308. The number of anilines is 2. The molecule has 1 aromatic heterocycles. The van der Waals surface area contributed by atoms with E-state index in [2.05, 4.69) is 9.97 Å². The summed E-state index contributed by atoms with van der Waals surface area (Å²) in [5.74, 6) is -1.31. The van der Waals surface area contributed by atoms with Crippen molar-refractivity contribution in [2.24, 2.45) is 5.92 Å². The van der Waals surface area contributed by atoms with Gasteiger partial charge >= 0.3 is 0 Å². The summed E-state index contributed by atoms with van der Waals surface area (Å²) in [7, 11) is 3.26. The molecule has 0 radical (unpaired) electrons. The van der Waals surface area contributed by atoms with Crippen LogP contribution >= 0.6 is 0 Å². The number of carbonyl (C=O) groups excluding carboxylic acids is 1. The first-order valence-corrected chi connectivity index (χ1v) is 10.9. The van der Waals surface area contributed by atoms with Gasteiger partial charge in [-0.2, -0.15) is 0 Å². The van der Waals surface area contributed by atoms with Gasteiger partial charge in [-0.05, 0) is 50.3 Å². The Morgan fingerprint density at radius 2 is 1.91 bits per heavy atom. The van der Waals surface area contributed by atoms with Gasteiger partial charge in [0.15, 0.2) is 5.82 Å². The highest BCUT2D eigenvalue weighted by Crippen LogP contribution is 2.40. The van der Waals surface area contributed by atoms with Crippen LogP contribution < -0.4 is 9.80 Å². The Balaban J connectivity index is 1.75. The lowest BCUT2D eigenvalue weighted by Gasteiger charge is -2.32. The Bertz CT molecular complexity index is 982. The third-order valence-electron chi connectivity index (χ3n) is 6.44. The number of halogens is 3. The first kappa shape index (κ1) is 22.5. The highest BCUT2D eigenvalue weighted by Gasteiger charge is 2.34. The van der Waals surface area contributed by atoms with Crippen molar-refractivity contribution in [3.63, 3.8) is 0 Å². The molecule has 4 rings (SSSR count). The summed E-state index contributed by atoms with van der Waals surface area (Å²) in [6, 6.07) is 3.10. The lowest BCUT2D eigenvalue weighted by molar-refractivity contribution is -0.123. The van der Waals surface area contributed by atoms with Crippen LogP contribution in [0.3, 0.4) is 0 Å². The molecule has 1 aromatic carbocycles. The van der Waals surface area contributed by atoms with E-state index < -0.39 is 17.8 Å². The van der Waals surface area contributed by atoms with E-state index in [4.69, 9.17) is 4.74 Å². The maximum absolute atomic E-state index is 14.7. The van der Waals surface area contributed by atoms with E-state index >= 15 is 0 Å². The zero-order chi connectivity index (χ0) is 22.8. The first-order chi connectivity index (χ1) is 15.4. The number of rotatable bonds is 5. The molecule has 0 bridgehead atoms. The molecule has 0 N–H and O–H groups in total. The number of methoxy groups -OCH3 is 1. The molecule has 0 spiro atoms. The number of carbonyl (C=O) groups is 1. The van der Waals surface area contributed by atoms with Crippen LogP contribution in [-0.4, -0.2) is 55.4 Å². The van der Waals surface area contributed by atoms with Crippen LogP contribution in [0.4, 0.5) is 24.7 Å². The fraction of sp³-hybridized carbons (Fsp3) is 0.522. The third-order valence-corrected chi connectivity index (χ3v) is 6.44. The van der Waals surface area contributed by atoms with E-state index in [1.165, 1.54) is 11.2 Å². The average Bonchev–Trinajstić information content (AvgIpc) is 3.25. The number of benzene rings is 1. The van der Waals surface area contributed by atoms with Gasteiger partial charge in [0.25, 0.3) is 0 Å². The number of nitrogens with zero attached hydrogens (tertiary/aromatic N) is 4. The zero-order valence-corrected chi connectivity index (χ0v) is 18.2. The third kappa shape index (κ3) is 4.44. The Kier molecular flexibility index (Phi) is 6.64. The van der Waals surface area contributed by atoms with Crippen molar-refractivity contribution < 1.29 is 22.7 Å². The van der Waals surface area contributed by atoms with Crippen LogP contribution in [0.15, 0.2) is 24.5 Å². The molecule has 2 fully saturated rings. The lowest BCUT2D eigenvalue weighted by atomic mass is 9.86. The summed E-state index contributed by atoms with van der Waals surface area (Å²) < 4.78 is 48.0. The quantitative estimate of drug-likeness (QED) is 0.688. The molecular weight excluding hydrogens is 421 g/mol. The van der Waals surface area contributed by atoms with E-state index in [1.54, 1.807) is 19.1 Å². The van der Waals surface area contributed by atoms with Gasteiger partial charge in [-0.3, -0.25) is 4.79 Å². The smallest absolute Gasteiger partial charge is 0.229 e. The molecule has 172 valence electrons. The standard InChI is InChI=1S/C23H27F3N4O2/c1-29(23(31)14-3-6-17(32-2)7-4-14)21-20(18-11-15(24)5-8-19(18)26)27-13-28-22(21)30-10-9-16(25)12-30/h5,8,11,13-14,16-17H,3-4,6-7,9-10,12H2,1-2H3/t14-,16-,17-/m0/s1. The average molecular weight is 448 g/mol. The van der Waals surface area contributed by atoms with Crippen LogP contribution in [0, 0.1) is 17.6 Å². The Morgan fingerprint density at radius 3 is 2.56 bits per heavy atom. The maximum atomic E-state index is 14.7. The minimum atomic E-state index is -1.02. The van der Waals surface area contributed by atoms with Crippen molar-refractivity contribution in [2.45, 2.75) is 44.4 Å². The van der Waals surface area contributed by atoms with Crippen LogP contribution in [-0.2, 0) is 9.53 Å². The van der Waals surface area contributed by atoms with Gasteiger partial charge in [-0.1, -0.05) is 0 Å². The first-order valence-electron chi connectivity index (χ1n) is 10.9. The largest absolute Gasteiger partial charge is 0.381 e. The second-order valence-corrected chi connectivity index (χ2v) is 8.46. The predicted molar refractivity (Wildman–Crippen MR) is 115 cm³/mol. The molecule has 1 amide bonds. The topological polar surface area (TPSA) is 58.6 Å². The number of ether oxygens (including phenoxy) is 1. The Morgan fingerprint density at radius 1 is 1.16 bits per heavy atom. The number of aromatic nitrogens is 2. The van der Waals surface area contributed by atoms with Gasteiger partial charge in [-0.25, -0.2) is 23.1 Å². The Labute approximate surface area is 185 Å². The second-order valence-electron chi connectivity index (χ2n) is 8.46. The van der Waals surface area contributed by atoms with Crippen molar-refractivity contribution in [3.05, 3.63) is 36.2 Å². The Hall–Kier alpha value is -2.68. The van der Waals surface area contributed by atoms with Crippen molar-refractivity contribution in [1.29, 1.82) is 0 Å². The monoisotopic (exact) mass is 448 g/mol. The van der Waals surface area contributed by atoms with Gasteiger partial charge in [0.05, 0.1) is 12.6 Å².